The maximum Gasteiger partial charge on any atom is 0.176 e. The second kappa shape index (κ2) is 5.53. The van der Waals surface area contributed by atoms with E-state index in [4.69, 9.17) is 5.73 Å². The summed E-state index contributed by atoms with van der Waals surface area (Å²) in [4.78, 5) is 13.9. The smallest absolute Gasteiger partial charge is 0.176 e. The van der Waals surface area contributed by atoms with E-state index >= 15 is 0 Å². The van der Waals surface area contributed by atoms with Crippen molar-refractivity contribution in [3.63, 3.8) is 0 Å². The van der Waals surface area contributed by atoms with Crippen molar-refractivity contribution in [1.29, 1.82) is 0 Å². The van der Waals surface area contributed by atoms with Crippen LogP contribution in [0.3, 0.4) is 0 Å². The summed E-state index contributed by atoms with van der Waals surface area (Å²) >= 11 is 0. The lowest BCUT2D eigenvalue weighted by Gasteiger charge is -2.36. The van der Waals surface area contributed by atoms with E-state index in [-0.39, 0.29) is 12.3 Å². The van der Waals surface area contributed by atoms with Gasteiger partial charge in [0.2, 0.25) is 0 Å². The minimum Gasteiger partial charge on any atom is -0.371 e. The van der Waals surface area contributed by atoms with Gasteiger partial charge in [-0.1, -0.05) is 13.8 Å². The fraction of sp³-hybridized carbons (Fsp3) is 0.533. The molecule has 1 aromatic carbocycles. The molecule has 1 saturated heterocycles. The van der Waals surface area contributed by atoms with Crippen LogP contribution in [0.5, 0.6) is 0 Å². The van der Waals surface area contributed by atoms with Crippen molar-refractivity contribution < 1.29 is 4.79 Å². The van der Waals surface area contributed by atoms with E-state index in [1.807, 2.05) is 24.3 Å². The van der Waals surface area contributed by atoms with Crippen molar-refractivity contribution in [2.45, 2.75) is 20.3 Å². The van der Waals surface area contributed by atoms with Gasteiger partial charge in [0.25, 0.3) is 0 Å². The van der Waals surface area contributed by atoms with Crippen molar-refractivity contribution in [3.8, 4) is 0 Å². The van der Waals surface area contributed by atoms with Crippen LogP contribution in [0.25, 0.3) is 0 Å². The molecule has 0 amide bonds. The Morgan fingerprint density at radius 1 is 1.22 bits per heavy atom. The number of nitrogens with two attached hydrogens (primary N) is 1. The zero-order valence-corrected chi connectivity index (χ0v) is 11.2. The third kappa shape index (κ3) is 2.91. The number of nitrogens with zero attached hydrogens (tertiary/aromatic N) is 1. The van der Waals surface area contributed by atoms with E-state index in [0.717, 1.165) is 24.9 Å². The lowest BCUT2D eigenvalue weighted by atomic mass is 9.91. The molecule has 1 aromatic rings. The minimum atomic E-state index is 0.00179. The molecule has 3 heteroatoms. The highest BCUT2D eigenvalue weighted by molar-refractivity contribution is 5.97. The molecular weight excluding hydrogens is 224 g/mol. The highest BCUT2D eigenvalue weighted by Crippen LogP contribution is 2.26. The maximum absolute atomic E-state index is 11.5. The number of ketones is 1. The predicted octanol–water partition coefficient (Wildman–Crippen LogP) is 2.31. The molecule has 0 spiro atoms. The number of anilines is 1. The topological polar surface area (TPSA) is 46.3 Å². The second-order valence-electron chi connectivity index (χ2n) is 5.53. The molecule has 2 rings (SSSR count). The van der Waals surface area contributed by atoms with Gasteiger partial charge in [0.1, 0.15) is 0 Å². The standard InChI is InChI=1S/C15H22N2O/c1-11-7-12(2)10-17(9-11)14-5-3-13(4-6-14)15(18)8-16/h3-6,11-12H,7-10,16H2,1-2H3. The second-order valence-corrected chi connectivity index (χ2v) is 5.53. The zero-order valence-electron chi connectivity index (χ0n) is 11.2. The van der Waals surface area contributed by atoms with Gasteiger partial charge in [0.05, 0.1) is 6.54 Å². The summed E-state index contributed by atoms with van der Waals surface area (Å²) < 4.78 is 0. The number of carbonyl (C=O) groups excluding carboxylic acids is 1. The first-order valence-electron chi connectivity index (χ1n) is 6.68. The van der Waals surface area contributed by atoms with Crippen LogP contribution in [-0.2, 0) is 0 Å². The van der Waals surface area contributed by atoms with Crippen LogP contribution in [0.4, 0.5) is 5.69 Å². The molecule has 98 valence electrons. The van der Waals surface area contributed by atoms with Gasteiger partial charge in [0, 0.05) is 24.3 Å². The Bertz CT molecular complexity index is 403. The third-order valence-corrected chi connectivity index (χ3v) is 3.61. The van der Waals surface area contributed by atoms with Crippen molar-refractivity contribution >= 4 is 11.5 Å². The lowest BCUT2D eigenvalue weighted by Crippen LogP contribution is -2.38. The summed E-state index contributed by atoms with van der Waals surface area (Å²) in [7, 11) is 0. The first-order chi connectivity index (χ1) is 8.60. The maximum atomic E-state index is 11.5. The molecule has 1 aliphatic heterocycles. The Kier molecular flexibility index (Phi) is 4.02. The monoisotopic (exact) mass is 246 g/mol. The van der Waals surface area contributed by atoms with Crippen LogP contribution < -0.4 is 10.6 Å². The van der Waals surface area contributed by atoms with Gasteiger partial charge in [0.15, 0.2) is 5.78 Å². The first kappa shape index (κ1) is 13.1. The average molecular weight is 246 g/mol. The van der Waals surface area contributed by atoms with E-state index in [2.05, 4.69) is 18.7 Å². The Morgan fingerprint density at radius 2 is 1.78 bits per heavy atom. The zero-order chi connectivity index (χ0) is 13.1. The molecule has 18 heavy (non-hydrogen) atoms. The molecule has 0 aromatic heterocycles. The molecule has 3 nitrogen and oxygen atoms in total. The normalized spacial score (nSPS) is 24.1. The number of carbonyl (C=O) groups is 1. The van der Waals surface area contributed by atoms with Crippen LogP contribution in [0.2, 0.25) is 0 Å². The van der Waals surface area contributed by atoms with Crippen molar-refractivity contribution in [2.24, 2.45) is 17.6 Å². The molecule has 1 fully saturated rings. The Hall–Kier alpha value is -1.35. The number of rotatable bonds is 3. The van der Waals surface area contributed by atoms with Crippen LogP contribution in [-0.4, -0.2) is 25.4 Å². The number of benzene rings is 1. The highest BCUT2D eigenvalue weighted by atomic mass is 16.1. The van der Waals surface area contributed by atoms with Crippen LogP contribution in [0.15, 0.2) is 24.3 Å². The summed E-state index contributed by atoms with van der Waals surface area (Å²) in [6, 6.07) is 7.84. The van der Waals surface area contributed by atoms with Gasteiger partial charge >= 0.3 is 0 Å². The molecule has 2 atom stereocenters. The molecule has 0 radical (unpaired) electrons. The largest absolute Gasteiger partial charge is 0.371 e. The van der Waals surface area contributed by atoms with E-state index in [0.29, 0.717) is 5.56 Å². The van der Waals surface area contributed by atoms with Gasteiger partial charge in [-0.3, -0.25) is 4.79 Å². The fourth-order valence-electron chi connectivity index (χ4n) is 2.85. The summed E-state index contributed by atoms with van der Waals surface area (Å²) in [5.74, 6) is 1.47. The predicted molar refractivity (Wildman–Crippen MR) is 75.0 cm³/mol. The molecule has 0 saturated carbocycles. The third-order valence-electron chi connectivity index (χ3n) is 3.61. The first-order valence-corrected chi connectivity index (χ1v) is 6.68. The van der Waals surface area contributed by atoms with Gasteiger partial charge in [-0.25, -0.2) is 0 Å². The molecule has 1 aliphatic rings. The van der Waals surface area contributed by atoms with Gasteiger partial charge in [-0.2, -0.15) is 0 Å². The quantitative estimate of drug-likeness (QED) is 0.832. The van der Waals surface area contributed by atoms with Crippen LogP contribution in [0.1, 0.15) is 30.6 Å². The number of hydrogen-bond donors (Lipinski definition) is 1. The summed E-state index contributed by atoms with van der Waals surface area (Å²) in [5, 5.41) is 0. The molecular formula is C15H22N2O. The van der Waals surface area contributed by atoms with E-state index in [1.54, 1.807) is 0 Å². The summed E-state index contributed by atoms with van der Waals surface area (Å²) in [5.41, 5.74) is 7.28. The fourth-order valence-corrected chi connectivity index (χ4v) is 2.85. The number of piperidine rings is 1. The van der Waals surface area contributed by atoms with Gasteiger partial charge in [-0.05, 0) is 42.5 Å². The van der Waals surface area contributed by atoms with Crippen molar-refractivity contribution in [3.05, 3.63) is 29.8 Å². The Morgan fingerprint density at radius 3 is 2.28 bits per heavy atom. The Balaban J connectivity index is 2.11. The van der Waals surface area contributed by atoms with E-state index in [9.17, 15) is 4.79 Å². The summed E-state index contributed by atoms with van der Waals surface area (Å²) in [6.45, 7) is 6.89. The molecule has 0 aliphatic carbocycles. The van der Waals surface area contributed by atoms with Crippen LogP contribution >= 0.6 is 0 Å². The summed E-state index contributed by atoms with van der Waals surface area (Å²) in [6.07, 6.45) is 1.31. The van der Waals surface area contributed by atoms with Gasteiger partial charge in [-0.15, -0.1) is 0 Å². The van der Waals surface area contributed by atoms with Crippen LogP contribution in [0, 0.1) is 11.8 Å². The highest BCUT2D eigenvalue weighted by Gasteiger charge is 2.21. The minimum absolute atomic E-state index is 0.00179. The lowest BCUT2D eigenvalue weighted by molar-refractivity contribution is 0.100. The average Bonchev–Trinajstić information content (AvgIpc) is 2.37. The van der Waals surface area contributed by atoms with Crippen molar-refractivity contribution in [2.75, 3.05) is 24.5 Å². The van der Waals surface area contributed by atoms with Gasteiger partial charge < -0.3 is 10.6 Å². The number of hydrogen-bond acceptors (Lipinski definition) is 3. The van der Waals surface area contributed by atoms with E-state index in [1.165, 1.54) is 12.1 Å². The molecule has 0 bridgehead atoms. The molecule has 2 N–H and O–H groups in total. The Labute approximate surface area is 109 Å². The number of Topliss-reactive ketones (excluding diaryl/α,β-unsaturated/α-hetero) is 1. The van der Waals surface area contributed by atoms with Crippen molar-refractivity contribution in [1.82, 2.24) is 0 Å². The van der Waals surface area contributed by atoms with E-state index < -0.39 is 0 Å². The SMILES string of the molecule is CC1CC(C)CN(c2ccc(C(=O)CN)cc2)C1. The molecule has 1 heterocycles. The molecule has 2 unspecified atom stereocenters.